The highest BCUT2D eigenvalue weighted by molar-refractivity contribution is 8.05. The van der Waals surface area contributed by atoms with Crippen molar-refractivity contribution in [3.8, 4) is 0 Å². The number of carboxylic acids is 1. The second-order valence-electron chi connectivity index (χ2n) is 5.13. The Balaban J connectivity index is 2.19. The van der Waals surface area contributed by atoms with Crippen LogP contribution in [0.4, 0.5) is 0 Å². The van der Waals surface area contributed by atoms with E-state index in [1.54, 1.807) is 18.4 Å². The number of carboxylic acid groups (broad SMARTS) is 1. The third-order valence-electron chi connectivity index (χ3n) is 3.48. The number of nitrogens with two attached hydrogens (primary N) is 1. The Morgan fingerprint density at radius 1 is 1.55 bits per heavy atom. The van der Waals surface area contributed by atoms with Crippen molar-refractivity contribution in [3.63, 3.8) is 0 Å². The van der Waals surface area contributed by atoms with Crippen LogP contribution in [0.15, 0.2) is 22.1 Å². The first kappa shape index (κ1) is 15.1. The van der Waals surface area contributed by atoms with E-state index in [4.69, 9.17) is 5.73 Å². The number of amides is 1. The van der Waals surface area contributed by atoms with Gasteiger partial charge in [0.2, 0.25) is 5.91 Å². The van der Waals surface area contributed by atoms with Gasteiger partial charge in [-0.05, 0) is 19.3 Å². The maximum absolute atomic E-state index is 11.9. The van der Waals surface area contributed by atoms with Crippen molar-refractivity contribution >= 4 is 23.6 Å². The second-order valence-corrected chi connectivity index (χ2v) is 6.13. The normalized spacial score (nSPS) is 28.6. The fourth-order valence-corrected chi connectivity index (χ4v) is 3.64. The van der Waals surface area contributed by atoms with Crippen LogP contribution in [0.1, 0.15) is 20.3 Å². The molecule has 0 saturated carbocycles. The number of rotatable bonds is 5. The average Bonchev–Trinajstić information content (AvgIpc) is 2.63. The molecule has 2 heterocycles. The molecule has 20 heavy (non-hydrogen) atoms. The summed E-state index contributed by atoms with van der Waals surface area (Å²) in [6.07, 6.45) is 1.47. The van der Waals surface area contributed by atoms with E-state index in [1.165, 1.54) is 16.7 Å². The van der Waals surface area contributed by atoms with Crippen LogP contribution in [-0.2, 0) is 9.59 Å². The molecular formula is C13H18N2O4S. The number of nitrogens with zero attached hydrogens (tertiary/aromatic N) is 1. The first-order valence-corrected chi connectivity index (χ1v) is 7.29. The summed E-state index contributed by atoms with van der Waals surface area (Å²) < 4.78 is 0. The highest BCUT2D eigenvalue weighted by Crippen LogP contribution is 2.47. The minimum Gasteiger partial charge on any atom is -0.477 e. The van der Waals surface area contributed by atoms with Crippen LogP contribution in [0.3, 0.4) is 0 Å². The average molecular weight is 298 g/mol. The van der Waals surface area contributed by atoms with Crippen molar-refractivity contribution in [1.29, 1.82) is 0 Å². The number of β-lactam (4-membered cyclic amide) rings is 1. The van der Waals surface area contributed by atoms with Crippen LogP contribution >= 0.6 is 11.8 Å². The van der Waals surface area contributed by atoms with Crippen molar-refractivity contribution < 1.29 is 19.8 Å². The molecule has 110 valence electrons. The molecule has 0 bridgehead atoms. The molecule has 2 rings (SSSR count). The SMILES string of the molecule is CC(N)C=CSC1=C(C(=O)O)N2C(=O)[C@H]([C@@H](C)O)[C@H]2C1. The van der Waals surface area contributed by atoms with Crippen molar-refractivity contribution in [2.24, 2.45) is 11.7 Å². The number of hydrogen-bond acceptors (Lipinski definition) is 5. The monoisotopic (exact) mass is 298 g/mol. The Labute approximate surface area is 121 Å². The van der Waals surface area contributed by atoms with Gasteiger partial charge in [-0.2, -0.15) is 0 Å². The quantitative estimate of drug-likeness (QED) is 0.638. The van der Waals surface area contributed by atoms with Crippen LogP contribution in [0.5, 0.6) is 0 Å². The van der Waals surface area contributed by atoms with Gasteiger partial charge < -0.3 is 20.8 Å². The van der Waals surface area contributed by atoms with Crippen LogP contribution in [0.2, 0.25) is 0 Å². The predicted octanol–water partition coefficient (Wildman–Crippen LogP) is 0.488. The van der Waals surface area contributed by atoms with Gasteiger partial charge >= 0.3 is 5.97 Å². The zero-order chi connectivity index (χ0) is 15.0. The maximum Gasteiger partial charge on any atom is 0.353 e. The van der Waals surface area contributed by atoms with Gasteiger partial charge in [0, 0.05) is 17.4 Å². The lowest BCUT2D eigenvalue weighted by Gasteiger charge is -2.44. The van der Waals surface area contributed by atoms with Gasteiger partial charge in [-0.25, -0.2) is 4.79 Å². The van der Waals surface area contributed by atoms with E-state index < -0.39 is 18.0 Å². The minimum atomic E-state index is -1.11. The number of carbonyl (C=O) groups is 2. The molecule has 0 aromatic rings. The molecule has 7 heteroatoms. The van der Waals surface area contributed by atoms with Gasteiger partial charge in [0.05, 0.1) is 18.1 Å². The van der Waals surface area contributed by atoms with Gasteiger partial charge in [0.1, 0.15) is 5.70 Å². The van der Waals surface area contributed by atoms with E-state index in [1.807, 2.05) is 6.92 Å². The predicted molar refractivity (Wildman–Crippen MR) is 75.5 cm³/mol. The molecule has 0 radical (unpaired) electrons. The van der Waals surface area contributed by atoms with Crippen molar-refractivity contribution in [1.82, 2.24) is 4.90 Å². The van der Waals surface area contributed by atoms with E-state index in [0.29, 0.717) is 11.3 Å². The topological polar surface area (TPSA) is 104 Å². The summed E-state index contributed by atoms with van der Waals surface area (Å²) in [5, 5.41) is 20.6. The molecule has 1 amide bonds. The zero-order valence-corrected chi connectivity index (χ0v) is 12.1. The lowest BCUT2D eigenvalue weighted by Crippen LogP contribution is -2.61. The molecule has 1 fully saturated rings. The summed E-state index contributed by atoms with van der Waals surface area (Å²) in [7, 11) is 0. The smallest absolute Gasteiger partial charge is 0.353 e. The number of fused-ring (bicyclic) bond motifs is 1. The summed E-state index contributed by atoms with van der Waals surface area (Å²) in [5.74, 6) is -1.92. The molecule has 1 unspecified atom stereocenters. The van der Waals surface area contributed by atoms with Crippen molar-refractivity contribution in [3.05, 3.63) is 22.1 Å². The fraction of sp³-hybridized carbons (Fsp3) is 0.538. The van der Waals surface area contributed by atoms with E-state index in [2.05, 4.69) is 0 Å². The number of aliphatic hydroxyl groups excluding tert-OH is 1. The number of thioether (sulfide) groups is 1. The molecule has 2 aliphatic heterocycles. The molecule has 4 atom stereocenters. The summed E-state index contributed by atoms with van der Waals surface area (Å²) in [4.78, 5) is 25.2. The standard InChI is InChI=1S/C13H18N2O4S/c1-6(14)3-4-20-9-5-8-10(7(2)16)12(17)15(8)11(9)13(18)19/h3-4,6-8,10,16H,5,14H2,1-2H3,(H,18,19)/t6?,7-,8-,10-/m1/s1. The Morgan fingerprint density at radius 3 is 2.70 bits per heavy atom. The van der Waals surface area contributed by atoms with E-state index >= 15 is 0 Å². The Hall–Kier alpha value is -1.31. The molecule has 0 aromatic carbocycles. The van der Waals surface area contributed by atoms with Gasteiger partial charge in [-0.3, -0.25) is 4.79 Å². The second kappa shape index (κ2) is 5.59. The van der Waals surface area contributed by atoms with Crippen LogP contribution < -0.4 is 5.73 Å². The van der Waals surface area contributed by atoms with Gasteiger partial charge in [0.25, 0.3) is 0 Å². The molecule has 6 nitrogen and oxygen atoms in total. The lowest BCUT2D eigenvalue weighted by atomic mass is 9.83. The number of aliphatic hydroxyl groups is 1. The van der Waals surface area contributed by atoms with Crippen LogP contribution in [0.25, 0.3) is 0 Å². The fourth-order valence-electron chi connectivity index (χ4n) is 2.58. The number of carbonyl (C=O) groups excluding carboxylic acids is 1. The first-order chi connectivity index (χ1) is 9.34. The van der Waals surface area contributed by atoms with Gasteiger partial charge in [0.15, 0.2) is 0 Å². The molecule has 0 spiro atoms. The third kappa shape index (κ3) is 2.48. The van der Waals surface area contributed by atoms with Crippen molar-refractivity contribution in [2.75, 3.05) is 0 Å². The Morgan fingerprint density at radius 2 is 2.20 bits per heavy atom. The van der Waals surface area contributed by atoms with Crippen molar-refractivity contribution in [2.45, 2.75) is 38.5 Å². The molecule has 4 N–H and O–H groups in total. The zero-order valence-electron chi connectivity index (χ0n) is 11.3. The molecule has 0 aliphatic carbocycles. The van der Waals surface area contributed by atoms with Crippen LogP contribution in [0, 0.1) is 5.92 Å². The van der Waals surface area contributed by atoms with E-state index in [9.17, 15) is 19.8 Å². The molecule has 2 aliphatic rings. The summed E-state index contributed by atoms with van der Waals surface area (Å²) in [6.45, 7) is 3.37. The number of hydrogen-bond donors (Lipinski definition) is 3. The molecule has 1 saturated heterocycles. The van der Waals surface area contributed by atoms with Crippen LogP contribution in [-0.4, -0.2) is 45.2 Å². The summed E-state index contributed by atoms with van der Waals surface area (Å²) in [6, 6.07) is -0.346. The highest BCUT2D eigenvalue weighted by Gasteiger charge is 2.56. The van der Waals surface area contributed by atoms with E-state index in [-0.39, 0.29) is 23.7 Å². The Bertz CT molecular complexity index is 499. The molecule has 0 aromatic heterocycles. The van der Waals surface area contributed by atoms with E-state index in [0.717, 1.165) is 0 Å². The summed E-state index contributed by atoms with van der Waals surface area (Å²) >= 11 is 1.27. The van der Waals surface area contributed by atoms with Gasteiger partial charge in [-0.1, -0.05) is 6.08 Å². The molecular weight excluding hydrogens is 280 g/mol. The first-order valence-electron chi connectivity index (χ1n) is 6.41. The Kier molecular flexibility index (Phi) is 4.22. The minimum absolute atomic E-state index is 0.0382. The number of aliphatic carboxylic acids is 1. The maximum atomic E-state index is 11.9. The third-order valence-corrected chi connectivity index (χ3v) is 4.42. The van der Waals surface area contributed by atoms with Gasteiger partial charge in [-0.15, -0.1) is 11.8 Å². The summed E-state index contributed by atoms with van der Waals surface area (Å²) in [5.41, 5.74) is 5.63. The largest absolute Gasteiger partial charge is 0.477 e. The highest BCUT2D eigenvalue weighted by atomic mass is 32.2. The lowest BCUT2D eigenvalue weighted by molar-refractivity contribution is -0.161.